The Balaban J connectivity index is 1.58. The molecule has 0 aliphatic carbocycles. The van der Waals surface area contributed by atoms with Gasteiger partial charge in [-0.25, -0.2) is 0 Å². The highest BCUT2D eigenvalue weighted by Crippen LogP contribution is 2.10. The van der Waals surface area contributed by atoms with Gasteiger partial charge in [0.15, 0.2) is 0 Å². The van der Waals surface area contributed by atoms with Gasteiger partial charge in [0.2, 0.25) is 0 Å². The zero-order valence-electron chi connectivity index (χ0n) is 10.6. The number of benzene rings is 1. The largest absolute Gasteiger partial charge is 0.380 e. The molecule has 1 heterocycles. The Labute approximate surface area is 104 Å². The summed E-state index contributed by atoms with van der Waals surface area (Å²) in [6.45, 7) is 5.38. The van der Waals surface area contributed by atoms with Crippen LogP contribution in [0.5, 0.6) is 0 Å². The Kier molecular flexibility index (Phi) is 4.98. The van der Waals surface area contributed by atoms with Crippen molar-refractivity contribution in [1.29, 1.82) is 0 Å². The minimum Gasteiger partial charge on any atom is -0.380 e. The molecule has 1 aliphatic heterocycles. The summed E-state index contributed by atoms with van der Waals surface area (Å²) in [6, 6.07) is 10.5. The third-order valence-electron chi connectivity index (χ3n) is 3.34. The molecular weight excluding hydrogens is 212 g/mol. The van der Waals surface area contributed by atoms with Gasteiger partial charge in [0.05, 0.1) is 6.10 Å². The predicted molar refractivity (Wildman–Crippen MR) is 70.0 cm³/mol. The maximum atomic E-state index is 5.35. The van der Waals surface area contributed by atoms with Gasteiger partial charge in [-0.15, -0.1) is 0 Å². The van der Waals surface area contributed by atoms with Crippen LogP contribution < -0.4 is 5.32 Å². The lowest BCUT2D eigenvalue weighted by molar-refractivity contribution is 0.108. The fourth-order valence-corrected chi connectivity index (χ4v) is 2.26. The van der Waals surface area contributed by atoms with E-state index in [2.05, 4.69) is 40.5 Å². The van der Waals surface area contributed by atoms with Gasteiger partial charge < -0.3 is 10.1 Å². The van der Waals surface area contributed by atoms with E-state index in [1.165, 1.54) is 18.5 Å². The lowest BCUT2D eigenvalue weighted by Crippen LogP contribution is -2.31. The molecule has 1 atom stereocenters. The van der Waals surface area contributed by atoms with Crippen molar-refractivity contribution in [2.24, 2.45) is 0 Å². The first-order chi connectivity index (χ1) is 8.38. The Morgan fingerprint density at radius 2 is 2.18 bits per heavy atom. The number of ether oxygens (including phenoxy) is 1. The summed E-state index contributed by atoms with van der Waals surface area (Å²) in [4.78, 5) is 2.46. The van der Waals surface area contributed by atoms with Crippen LogP contribution >= 0.6 is 0 Å². The number of likely N-dealkylation sites (tertiary alicyclic amines) is 1. The maximum absolute atomic E-state index is 5.35. The fourth-order valence-electron chi connectivity index (χ4n) is 2.26. The van der Waals surface area contributed by atoms with E-state index in [-0.39, 0.29) is 0 Å². The molecule has 2 rings (SSSR count). The number of hydrogen-bond donors (Lipinski definition) is 1. The minimum absolute atomic E-state index is 0.448. The SMILES string of the molecule is COC1CCN(CCNCc2ccccc2)C1. The molecule has 3 nitrogen and oxygen atoms in total. The monoisotopic (exact) mass is 234 g/mol. The highest BCUT2D eigenvalue weighted by atomic mass is 16.5. The summed E-state index contributed by atoms with van der Waals surface area (Å²) in [5.41, 5.74) is 1.35. The molecule has 0 saturated carbocycles. The second-order valence-electron chi connectivity index (χ2n) is 4.61. The van der Waals surface area contributed by atoms with Crippen molar-refractivity contribution in [3.8, 4) is 0 Å². The fraction of sp³-hybridized carbons (Fsp3) is 0.571. The molecule has 1 aromatic carbocycles. The van der Waals surface area contributed by atoms with E-state index in [0.717, 1.165) is 26.2 Å². The van der Waals surface area contributed by atoms with Crippen LogP contribution in [0.4, 0.5) is 0 Å². The topological polar surface area (TPSA) is 24.5 Å². The van der Waals surface area contributed by atoms with E-state index in [1.807, 2.05) is 7.11 Å². The first kappa shape index (κ1) is 12.6. The average Bonchev–Trinajstić information content (AvgIpc) is 2.84. The summed E-state index contributed by atoms with van der Waals surface area (Å²) in [7, 11) is 1.81. The first-order valence-corrected chi connectivity index (χ1v) is 6.38. The molecule has 1 fully saturated rings. The summed E-state index contributed by atoms with van der Waals surface area (Å²) in [5, 5.41) is 3.48. The van der Waals surface area contributed by atoms with Gasteiger partial charge in [0.1, 0.15) is 0 Å². The lowest BCUT2D eigenvalue weighted by atomic mass is 10.2. The van der Waals surface area contributed by atoms with E-state index < -0.39 is 0 Å². The van der Waals surface area contributed by atoms with Crippen LogP contribution in [-0.2, 0) is 11.3 Å². The van der Waals surface area contributed by atoms with E-state index in [4.69, 9.17) is 4.74 Å². The zero-order valence-corrected chi connectivity index (χ0v) is 10.6. The van der Waals surface area contributed by atoms with E-state index >= 15 is 0 Å². The van der Waals surface area contributed by atoms with E-state index in [9.17, 15) is 0 Å². The molecule has 0 spiro atoms. The second-order valence-corrected chi connectivity index (χ2v) is 4.61. The Morgan fingerprint density at radius 3 is 2.88 bits per heavy atom. The number of hydrogen-bond acceptors (Lipinski definition) is 3. The Morgan fingerprint density at radius 1 is 1.35 bits per heavy atom. The quantitative estimate of drug-likeness (QED) is 0.755. The maximum Gasteiger partial charge on any atom is 0.0710 e. The van der Waals surface area contributed by atoms with Crippen molar-refractivity contribution in [2.45, 2.75) is 19.1 Å². The second kappa shape index (κ2) is 6.74. The van der Waals surface area contributed by atoms with Crippen LogP contribution in [0.3, 0.4) is 0 Å². The normalized spacial score (nSPS) is 20.9. The first-order valence-electron chi connectivity index (χ1n) is 6.38. The summed E-state index contributed by atoms with van der Waals surface area (Å²) in [6.07, 6.45) is 1.62. The van der Waals surface area contributed by atoms with Crippen LogP contribution in [0.15, 0.2) is 30.3 Å². The van der Waals surface area contributed by atoms with Gasteiger partial charge in [0.25, 0.3) is 0 Å². The van der Waals surface area contributed by atoms with Crippen molar-refractivity contribution in [1.82, 2.24) is 10.2 Å². The van der Waals surface area contributed by atoms with Crippen LogP contribution in [0.2, 0.25) is 0 Å². The number of rotatable bonds is 6. The molecule has 1 N–H and O–H groups in total. The molecule has 1 aromatic rings. The predicted octanol–water partition coefficient (Wildman–Crippen LogP) is 1.50. The van der Waals surface area contributed by atoms with Gasteiger partial charge in [-0.1, -0.05) is 30.3 Å². The van der Waals surface area contributed by atoms with Crippen LogP contribution in [0.1, 0.15) is 12.0 Å². The van der Waals surface area contributed by atoms with Gasteiger partial charge in [-0.3, -0.25) is 4.90 Å². The number of nitrogens with zero attached hydrogens (tertiary/aromatic N) is 1. The molecule has 3 heteroatoms. The summed E-state index contributed by atoms with van der Waals surface area (Å²) < 4.78 is 5.35. The van der Waals surface area contributed by atoms with Crippen molar-refractivity contribution < 1.29 is 4.74 Å². The lowest BCUT2D eigenvalue weighted by Gasteiger charge is -2.15. The van der Waals surface area contributed by atoms with Crippen molar-refractivity contribution in [3.05, 3.63) is 35.9 Å². The molecule has 1 aliphatic rings. The third kappa shape index (κ3) is 4.11. The molecular formula is C14H22N2O. The van der Waals surface area contributed by atoms with Gasteiger partial charge in [-0.2, -0.15) is 0 Å². The van der Waals surface area contributed by atoms with E-state index in [1.54, 1.807) is 0 Å². The Bertz CT molecular complexity index is 315. The van der Waals surface area contributed by atoms with Gasteiger partial charge >= 0.3 is 0 Å². The zero-order chi connectivity index (χ0) is 11.9. The molecule has 94 valence electrons. The highest BCUT2D eigenvalue weighted by molar-refractivity contribution is 5.14. The molecule has 17 heavy (non-hydrogen) atoms. The average molecular weight is 234 g/mol. The van der Waals surface area contributed by atoms with Crippen molar-refractivity contribution in [2.75, 3.05) is 33.3 Å². The molecule has 0 aromatic heterocycles. The number of methoxy groups -OCH3 is 1. The number of nitrogens with one attached hydrogen (secondary N) is 1. The molecule has 0 amide bonds. The summed E-state index contributed by atoms with van der Waals surface area (Å²) >= 11 is 0. The van der Waals surface area contributed by atoms with Gasteiger partial charge in [-0.05, 0) is 12.0 Å². The third-order valence-corrected chi connectivity index (χ3v) is 3.34. The molecule has 1 unspecified atom stereocenters. The molecule has 1 saturated heterocycles. The molecule has 0 bridgehead atoms. The van der Waals surface area contributed by atoms with E-state index in [0.29, 0.717) is 6.10 Å². The minimum atomic E-state index is 0.448. The summed E-state index contributed by atoms with van der Waals surface area (Å²) in [5.74, 6) is 0. The van der Waals surface area contributed by atoms with Crippen LogP contribution in [0.25, 0.3) is 0 Å². The van der Waals surface area contributed by atoms with Crippen molar-refractivity contribution in [3.63, 3.8) is 0 Å². The smallest absolute Gasteiger partial charge is 0.0710 e. The van der Waals surface area contributed by atoms with Crippen LogP contribution in [0, 0.1) is 0 Å². The standard InChI is InChI=1S/C14H22N2O/c1-17-14-7-9-16(12-14)10-8-15-11-13-5-3-2-4-6-13/h2-6,14-15H,7-12H2,1H3. The Hall–Kier alpha value is -0.900. The van der Waals surface area contributed by atoms with Crippen LogP contribution in [-0.4, -0.2) is 44.3 Å². The van der Waals surface area contributed by atoms with Gasteiger partial charge in [0, 0.05) is 39.8 Å². The highest BCUT2D eigenvalue weighted by Gasteiger charge is 2.20. The molecule has 0 radical (unpaired) electrons. The van der Waals surface area contributed by atoms with Crippen molar-refractivity contribution >= 4 is 0 Å².